The van der Waals surface area contributed by atoms with Gasteiger partial charge in [-0.1, -0.05) is 42.5 Å². The van der Waals surface area contributed by atoms with Crippen LogP contribution >= 0.6 is 31.8 Å². The van der Waals surface area contributed by atoms with Crippen molar-refractivity contribution in [1.29, 1.82) is 0 Å². The van der Waals surface area contributed by atoms with E-state index in [1.165, 1.54) is 77.9 Å². The van der Waals surface area contributed by atoms with E-state index < -0.39 is 31.8 Å². The van der Waals surface area contributed by atoms with Gasteiger partial charge in [-0.05, 0) is 125 Å². The Morgan fingerprint density at radius 2 is 0.750 bits per heavy atom. The summed E-state index contributed by atoms with van der Waals surface area (Å²) in [7, 11) is -2.77. The van der Waals surface area contributed by atoms with E-state index in [-0.39, 0.29) is 0 Å². The fourth-order valence-corrected chi connectivity index (χ4v) is 20.3. The van der Waals surface area contributed by atoms with Gasteiger partial charge in [-0.2, -0.15) is 0 Å². The summed E-state index contributed by atoms with van der Waals surface area (Å²) >= 11 is 0. The monoisotopic (exact) mass is 852 g/mol. The SMILES string of the molecule is C1=C2c3cccn3P(Cc3cccc(Cp4n5cccc5c5cccn54)c3-c3c(Cp4n5cccc5c5cccn54)cccc3Cp3n4cccc4c4cccn43)N2CC1. The molecule has 292 valence electrons. The van der Waals surface area contributed by atoms with Gasteiger partial charge in [0.15, 0.2) is 0 Å². The van der Waals surface area contributed by atoms with Crippen LogP contribution in [0.25, 0.3) is 49.9 Å². The molecule has 2 aliphatic heterocycles. The van der Waals surface area contributed by atoms with E-state index in [4.69, 9.17) is 0 Å². The molecule has 12 heterocycles. The number of rotatable bonds is 9. The first-order valence-corrected chi connectivity index (χ1v) is 26.5. The maximum Gasteiger partial charge on any atom is 0.104 e. The quantitative estimate of drug-likeness (QED) is 0.133. The largest absolute Gasteiger partial charge is 0.331 e. The molecule has 12 aromatic rings. The molecule has 0 radical (unpaired) electrons. The highest BCUT2D eigenvalue weighted by atomic mass is 31.1. The van der Waals surface area contributed by atoms with Gasteiger partial charge in [0.2, 0.25) is 0 Å². The Morgan fingerprint density at radius 3 is 1.15 bits per heavy atom. The second-order valence-corrected chi connectivity index (χ2v) is 23.9. The fourth-order valence-electron chi connectivity index (χ4n) is 10.6. The van der Waals surface area contributed by atoms with E-state index >= 15 is 0 Å². The molecule has 14 rings (SSSR count). The summed E-state index contributed by atoms with van der Waals surface area (Å²) in [4.78, 5) is 0. The lowest BCUT2D eigenvalue weighted by Crippen LogP contribution is -2.11. The van der Waals surface area contributed by atoms with Crippen molar-refractivity contribution in [3.8, 4) is 11.1 Å². The lowest BCUT2D eigenvalue weighted by Gasteiger charge is -2.27. The average molecular weight is 853 g/mol. The highest BCUT2D eigenvalue weighted by Crippen LogP contribution is 2.60. The Bertz CT molecular complexity index is 3400. The number of benzene rings is 2. The minimum absolute atomic E-state index is 0.634. The molecule has 0 bridgehead atoms. The van der Waals surface area contributed by atoms with Crippen LogP contribution in [0.2, 0.25) is 0 Å². The van der Waals surface area contributed by atoms with Gasteiger partial charge in [0.25, 0.3) is 0 Å². The van der Waals surface area contributed by atoms with Crippen molar-refractivity contribution in [1.82, 2.24) is 34.0 Å². The Hall–Kier alpha value is -5.73. The van der Waals surface area contributed by atoms with E-state index in [0.717, 1.165) is 37.6 Å². The summed E-state index contributed by atoms with van der Waals surface area (Å²) in [6.07, 6.45) is 23.7. The molecule has 1 atom stereocenters. The van der Waals surface area contributed by atoms with Crippen LogP contribution in [0.4, 0.5) is 0 Å². The van der Waals surface area contributed by atoms with Gasteiger partial charge in [0.05, 0.1) is 44.5 Å². The maximum atomic E-state index is 2.74. The summed E-state index contributed by atoms with van der Waals surface area (Å²) < 4.78 is 20.7. The first kappa shape index (κ1) is 34.0. The number of hydrogen-bond acceptors (Lipinski definition) is 1. The van der Waals surface area contributed by atoms with Gasteiger partial charge < -0.3 is 9.01 Å². The van der Waals surface area contributed by atoms with Crippen molar-refractivity contribution >= 4 is 70.6 Å². The number of hydrogen-bond donors (Lipinski definition) is 0. The smallest absolute Gasteiger partial charge is 0.104 e. The third-order valence-electron chi connectivity index (χ3n) is 13.1. The molecule has 2 aromatic carbocycles. The highest BCUT2D eigenvalue weighted by molar-refractivity contribution is 7.53. The van der Waals surface area contributed by atoms with Gasteiger partial charge in [-0.3, -0.25) is 25.0 Å². The average Bonchev–Trinajstić information content (AvgIpc) is 4.09. The van der Waals surface area contributed by atoms with Crippen molar-refractivity contribution in [3.05, 3.63) is 199 Å². The van der Waals surface area contributed by atoms with E-state index in [0.29, 0.717) is 0 Å². The Kier molecular flexibility index (Phi) is 7.31. The molecule has 0 saturated carbocycles. The van der Waals surface area contributed by atoms with Crippen molar-refractivity contribution in [2.75, 3.05) is 6.54 Å². The predicted molar refractivity (Wildman–Crippen MR) is 252 cm³/mol. The van der Waals surface area contributed by atoms with Crippen LogP contribution in [-0.4, -0.2) is 40.5 Å². The first-order chi connectivity index (χ1) is 29.8. The van der Waals surface area contributed by atoms with E-state index in [2.05, 4.69) is 205 Å². The van der Waals surface area contributed by atoms with E-state index in [9.17, 15) is 0 Å². The molecule has 0 saturated heterocycles. The Morgan fingerprint density at radius 1 is 0.383 bits per heavy atom. The number of nitrogens with zero attached hydrogens (tertiary/aromatic N) is 8. The van der Waals surface area contributed by atoms with Crippen LogP contribution in [0.1, 0.15) is 34.4 Å². The predicted octanol–water partition coefficient (Wildman–Crippen LogP) is 13.2. The fraction of sp³-hybridized carbons (Fsp3) is 0.125. The lowest BCUT2D eigenvalue weighted by atomic mass is 9.89. The van der Waals surface area contributed by atoms with E-state index in [1.807, 2.05) is 0 Å². The lowest BCUT2D eigenvalue weighted by molar-refractivity contribution is 0.676. The molecule has 0 fully saturated rings. The summed E-state index contributed by atoms with van der Waals surface area (Å²) in [5, 5.41) is 0. The minimum Gasteiger partial charge on any atom is -0.331 e. The van der Waals surface area contributed by atoms with Crippen LogP contribution in [0.5, 0.6) is 0 Å². The van der Waals surface area contributed by atoms with Gasteiger partial charge in [0, 0.05) is 98.1 Å². The molecular formula is C48H40N8P4. The molecule has 1 unspecified atom stereocenters. The van der Waals surface area contributed by atoms with Crippen molar-refractivity contribution in [2.45, 2.75) is 31.1 Å². The first-order valence-electron chi connectivity index (χ1n) is 20.8. The molecular weight excluding hydrogens is 812 g/mol. The van der Waals surface area contributed by atoms with Gasteiger partial charge >= 0.3 is 0 Å². The summed E-state index contributed by atoms with van der Waals surface area (Å²) in [6.45, 7) is 1.10. The number of aromatic nitrogens is 7. The second kappa shape index (κ2) is 12.9. The zero-order chi connectivity index (χ0) is 39.1. The molecule has 60 heavy (non-hydrogen) atoms. The van der Waals surface area contributed by atoms with Crippen LogP contribution in [0, 0.1) is 0 Å². The molecule has 0 aliphatic carbocycles. The molecule has 0 amide bonds. The standard InChI is InChI=1S/C48H40N8P4/c1-11-35(31-57-49-23-3-15-39(49)40-16-4-24-50(40)57)47(36(12-1)32-58-51-25-5-17-41(51)42-18-6-26-52(42)58)48-37(33-59-53-27-7-19-43(53)44-20-8-28-54(44)59)13-2-14-38(48)34-60-55-29-9-21-45(55)46-22-10-30-56(46)60/h1-9,11-29H,10,30-34H2. The van der Waals surface area contributed by atoms with Crippen molar-refractivity contribution in [3.63, 3.8) is 0 Å². The molecule has 8 nitrogen and oxygen atoms in total. The molecule has 0 spiro atoms. The second-order valence-electron chi connectivity index (χ2n) is 16.2. The van der Waals surface area contributed by atoms with Crippen molar-refractivity contribution < 1.29 is 0 Å². The van der Waals surface area contributed by atoms with Crippen LogP contribution in [-0.2, 0) is 24.6 Å². The number of fused-ring (bicyclic) bond motifs is 12. The summed E-state index contributed by atoms with van der Waals surface area (Å²) in [5.74, 6) is 0. The molecule has 2 aliphatic rings. The minimum atomic E-state index is -0.712. The van der Waals surface area contributed by atoms with Crippen molar-refractivity contribution in [2.24, 2.45) is 0 Å². The van der Waals surface area contributed by atoms with Gasteiger partial charge in [0.1, 0.15) is 8.22 Å². The topological polar surface area (TPSA) is 34.6 Å². The normalized spacial score (nSPS) is 15.4. The molecule has 0 N–H and O–H groups in total. The van der Waals surface area contributed by atoms with Crippen LogP contribution in [0.15, 0.2) is 171 Å². The molecule has 12 heteroatoms. The molecule has 10 aromatic heterocycles. The van der Waals surface area contributed by atoms with Crippen LogP contribution < -0.4 is 0 Å². The highest BCUT2D eigenvalue weighted by Gasteiger charge is 2.36. The van der Waals surface area contributed by atoms with Crippen LogP contribution in [0.3, 0.4) is 0 Å². The zero-order valence-electron chi connectivity index (χ0n) is 32.8. The summed E-state index contributed by atoms with van der Waals surface area (Å²) in [6, 6.07) is 46.3. The Balaban J connectivity index is 1.03. The third kappa shape index (κ3) is 4.74. The third-order valence-corrected chi connectivity index (χ3v) is 22.5. The van der Waals surface area contributed by atoms with Gasteiger partial charge in [-0.25, -0.2) is 0 Å². The maximum absolute atomic E-state index is 2.74. The summed E-state index contributed by atoms with van der Waals surface area (Å²) in [5.41, 5.74) is 19.6. The Labute approximate surface area is 350 Å². The van der Waals surface area contributed by atoms with E-state index in [1.54, 1.807) is 0 Å². The van der Waals surface area contributed by atoms with Gasteiger partial charge in [-0.15, -0.1) is 0 Å². The zero-order valence-corrected chi connectivity index (χ0v) is 36.4.